The second kappa shape index (κ2) is 5.62. The van der Waals surface area contributed by atoms with Crippen LogP contribution in [0.15, 0.2) is 12.4 Å². The molecule has 17 heavy (non-hydrogen) atoms. The highest BCUT2D eigenvalue weighted by Gasteiger charge is 2.27. The fraction of sp³-hybridized carbons (Fsp3) is 0.750. The van der Waals surface area contributed by atoms with Crippen LogP contribution in [0.1, 0.15) is 18.9 Å². The average Bonchev–Trinajstić information content (AvgIpc) is 2.86. The number of aryl methyl sites for hydroxylation is 1. The number of nitrogens with zero attached hydrogens (tertiary/aromatic N) is 3. The van der Waals surface area contributed by atoms with E-state index in [0.29, 0.717) is 6.04 Å². The van der Waals surface area contributed by atoms with Crippen molar-refractivity contribution in [1.82, 2.24) is 20.0 Å². The Hall–Kier alpha value is -0.910. The van der Waals surface area contributed by atoms with E-state index in [1.807, 2.05) is 10.9 Å². The Balaban J connectivity index is 1.72. The van der Waals surface area contributed by atoms with Gasteiger partial charge < -0.3 is 10.4 Å². The summed E-state index contributed by atoms with van der Waals surface area (Å²) in [4.78, 5) is 2.22. The highest BCUT2D eigenvalue weighted by Crippen LogP contribution is 2.14. The number of β-amino-alcohol motifs (C(OH)–C–C–N with tert-alkyl or cyclic N) is 1. The molecule has 0 saturated carbocycles. The quantitative estimate of drug-likeness (QED) is 0.761. The first-order valence-electron chi connectivity index (χ1n) is 6.29. The van der Waals surface area contributed by atoms with E-state index >= 15 is 0 Å². The molecule has 0 radical (unpaired) electrons. The number of nitrogens with one attached hydrogen (secondary N) is 1. The van der Waals surface area contributed by atoms with Gasteiger partial charge in [0.15, 0.2) is 0 Å². The number of aliphatic hydroxyl groups is 1. The Morgan fingerprint density at radius 1 is 1.59 bits per heavy atom. The number of likely N-dealkylation sites (N-methyl/N-ethyl adjacent to an activating group) is 1. The van der Waals surface area contributed by atoms with E-state index in [1.54, 1.807) is 0 Å². The molecule has 0 unspecified atom stereocenters. The van der Waals surface area contributed by atoms with Gasteiger partial charge in [-0.2, -0.15) is 5.10 Å². The lowest BCUT2D eigenvalue weighted by molar-refractivity contribution is 0.182. The van der Waals surface area contributed by atoms with E-state index in [9.17, 15) is 5.11 Å². The van der Waals surface area contributed by atoms with Crippen LogP contribution >= 0.6 is 0 Å². The van der Waals surface area contributed by atoms with Crippen molar-refractivity contribution in [2.24, 2.45) is 0 Å². The molecule has 1 saturated heterocycles. The topological polar surface area (TPSA) is 53.3 Å². The van der Waals surface area contributed by atoms with E-state index in [0.717, 1.165) is 32.6 Å². The molecular formula is C12H22N4O. The van der Waals surface area contributed by atoms with Crippen LogP contribution in [0.25, 0.3) is 0 Å². The second-order valence-corrected chi connectivity index (χ2v) is 4.82. The first-order valence-corrected chi connectivity index (χ1v) is 6.29. The zero-order chi connectivity index (χ0) is 12.3. The van der Waals surface area contributed by atoms with E-state index in [2.05, 4.69) is 35.5 Å². The van der Waals surface area contributed by atoms with Crippen molar-refractivity contribution >= 4 is 0 Å². The molecule has 1 aliphatic rings. The summed E-state index contributed by atoms with van der Waals surface area (Å²) < 4.78 is 1.93. The van der Waals surface area contributed by atoms with Gasteiger partial charge in [0.25, 0.3) is 0 Å². The third-order valence-corrected chi connectivity index (χ3v) is 3.39. The van der Waals surface area contributed by atoms with Crippen LogP contribution in [-0.2, 0) is 13.1 Å². The second-order valence-electron chi connectivity index (χ2n) is 4.82. The van der Waals surface area contributed by atoms with Gasteiger partial charge in [0.2, 0.25) is 0 Å². The molecule has 1 fully saturated rings. The van der Waals surface area contributed by atoms with Gasteiger partial charge in [0, 0.05) is 44.0 Å². The molecule has 1 aromatic heterocycles. The van der Waals surface area contributed by atoms with Crippen LogP contribution in [0.5, 0.6) is 0 Å². The summed E-state index contributed by atoms with van der Waals surface area (Å²) in [5, 5.41) is 17.2. The van der Waals surface area contributed by atoms with E-state index in [-0.39, 0.29) is 6.10 Å². The van der Waals surface area contributed by atoms with Crippen LogP contribution in [0, 0.1) is 0 Å². The zero-order valence-corrected chi connectivity index (χ0v) is 10.6. The predicted molar refractivity (Wildman–Crippen MR) is 66.6 cm³/mol. The Bertz CT molecular complexity index is 352. The number of aromatic nitrogens is 2. The summed E-state index contributed by atoms with van der Waals surface area (Å²) in [6, 6.07) is 0.450. The van der Waals surface area contributed by atoms with Crippen LogP contribution < -0.4 is 5.32 Å². The highest BCUT2D eigenvalue weighted by molar-refractivity contribution is 5.03. The summed E-state index contributed by atoms with van der Waals surface area (Å²) >= 11 is 0. The number of rotatable bonds is 5. The monoisotopic (exact) mass is 238 g/mol. The molecule has 2 heterocycles. The molecule has 1 aliphatic heterocycles. The summed E-state index contributed by atoms with van der Waals surface area (Å²) in [7, 11) is 2.07. The Labute approximate surface area is 102 Å². The maximum absolute atomic E-state index is 9.54. The fourth-order valence-corrected chi connectivity index (χ4v) is 2.34. The summed E-state index contributed by atoms with van der Waals surface area (Å²) in [6.07, 6.45) is 4.69. The normalized spacial score (nSPS) is 25.6. The lowest BCUT2D eigenvalue weighted by Gasteiger charge is -2.18. The zero-order valence-electron chi connectivity index (χ0n) is 10.6. The molecule has 0 bridgehead atoms. The fourth-order valence-electron chi connectivity index (χ4n) is 2.34. The minimum atomic E-state index is -0.158. The summed E-state index contributed by atoms with van der Waals surface area (Å²) in [5.41, 5.74) is 1.22. The molecule has 0 aliphatic carbocycles. The van der Waals surface area contributed by atoms with Crippen LogP contribution in [0.2, 0.25) is 0 Å². The van der Waals surface area contributed by atoms with Crippen molar-refractivity contribution in [3.8, 4) is 0 Å². The molecule has 96 valence electrons. The molecule has 0 amide bonds. The van der Waals surface area contributed by atoms with Crippen molar-refractivity contribution in [2.45, 2.75) is 38.6 Å². The van der Waals surface area contributed by atoms with E-state index < -0.39 is 0 Å². The molecule has 5 nitrogen and oxygen atoms in total. The molecular weight excluding hydrogens is 216 g/mol. The average molecular weight is 238 g/mol. The number of likely N-dealkylation sites (tertiary alicyclic amines) is 1. The van der Waals surface area contributed by atoms with Crippen molar-refractivity contribution in [3.63, 3.8) is 0 Å². The first-order chi connectivity index (χ1) is 8.19. The molecule has 0 aromatic carbocycles. The highest BCUT2D eigenvalue weighted by atomic mass is 16.3. The van der Waals surface area contributed by atoms with Crippen LogP contribution in [0.4, 0.5) is 0 Å². The minimum absolute atomic E-state index is 0.158. The lowest BCUT2D eigenvalue weighted by atomic mass is 10.2. The maximum atomic E-state index is 9.54. The molecule has 0 spiro atoms. The Morgan fingerprint density at radius 2 is 2.41 bits per heavy atom. The predicted octanol–water partition coefficient (Wildman–Crippen LogP) is 0.0576. The third kappa shape index (κ3) is 3.28. The minimum Gasteiger partial charge on any atom is -0.392 e. The van der Waals surface area contributed by atoms with Gasteiger partial charge in [-0.15, -0.1) is 0 Å². The van der Waals surface area contributed by atoms with Gasteiger partial charge in [-0.25, -0.2) is 0 Å². The molecule has 2 rings (SSSR count). The number of hydrogen-bond donors (Lipinski definition) is 2. The third-order valence-electron chi connectivity index (χ3n) is 3.39. The van der Waals surface area contributed by atoms with E-state index in [4.69, 9.17) is 0 Å². The largest absolute Gasteiger partial charge is 0.392 e. The van der Waals surface area contributed by atoms with Crippen LogP contribution in [-0.4, -0.2) is 52.1 Å². The SMILES string of the molecule is CCn1cc(CNC[C@@H]2C[C@@H](O)CN2C)cn1. The standard InChI is InChI=1S/C12H22N4O/c1-3-16-8-10(6-14-16)5-13-7-11-4-12(17)9-15(11)2/h6,8,11-13,17H,3-5,7,9H2,1-2H3/t11-,12+/m0/s1. The van der Waals surface area contributed by atoms with Gasteiger partial charge in [0.05, 0.1) is 12.3 Å². The maximum Gasteiger partial charge on any atom is 0.0682 e. The first kappa shape index (κ1) is 12.5. The summed E-state index contributed by atoms with van der Waals surface area (Å²) in [5.74, 6) is 0. The number of aliphatic hydroxyl groups excluding tert-OH is 1. The van der Waals surface area contributed by atoms with Crippen molar-refractivity contribution < 1.29 is 5.11 Å². The van der Waals surface area contributed by atoms with Gasteiger partial charge in [-0.3, -0.25) is 9.58 Å². The van der Waals surface area contributed by atoms with Crippen molar-refractivity contribution in [3.05, 3.63) is 18.0 Å². The van der Waals surface area contributed by atoms with Gasteiger partial charge in [0.1, 0.15) is 0 Å². The lowest BCUT2D eigenvalue weighted by Crippen LogP contribution is -2.35. The molecule has 5 heteroatoms. The molecule has 2 atom stereocenters. The van der Waals surface area contributed by atoms with Crippen molar-refractivity contribution in [1.29, 1.82) is 0 Å². The van der Waals surface area contributed by atoms with Crippen molar-refractivity contribution in [2.75, 3.05) is 20.1 Å². The summed E-state index contributed by atoms with van der Waals surface area (Å²) in [6.45, 7) is 5.56. The molecule has 1 aromatic rings. The van der Waals surface area contributed by atoms with Crippen LogP contribution in [0.3, 0.4) is 0 Å². The van der Waals surface area contributed by atoms with E-state index in [1.165, 1.54) is 5.56 Å². The Kier molecular flexibility index (Phi) is 4.15. The smallest absolute Gasteiger partial charge is 0.0682 e. The van der Waals surface area contributed by atoms with Gasteiger partial charge in [-0.05, 0) is 20.4 Å². The number of hydrogen-bond acceptors (Lipinski definition) is 4. The Morgan fingerprint density at radius 3 is 3.00 bits per heavy atom. The van der Waals surface area contributed by atoms with Gasteiger partial charge in [-0.1, -0.05) is 0 Å². The van der Waals surface area contributed by atoms with Gasteiger partial charge >= 0.3 is 0 Å². The molecule has 2 N–H and O–H groups in total.